The minimum absolute atomic E-state index is 0.00120. The number of carbonyl (C=O) groups excluding carboxylic acids is 2. The molecule has 2 N–H and O–H groups in total. The molecule has 2 amide bonds. The fraction of sp³-hybridized carbons (Fsp3) is 0.412. The van der Waals surface area contributed by atoms with Crippen LogP contribution in [0, 0.1) is 12.8 Å². The van der Waals surface area contributed by atoms with Crippen molar-refractivity contribution in [3.05, 3.63) is 35.9 Å². The Hall–Kier alpha value is -2.14. The number of nitrogens with one attached hydrogen (secondary N) is 2. The van der Waals surface area contributed by atoms with E-state index in [4.69, 9.17) is 0 Å². The van der Waals surface area contributed by atoms with E-state index in [0.717, 1.165) is 18.4 Å². The molecular weight excluding hydrogens is 278 g/mol. The minimum atomic E-state index is -0.105. The molecule has 0 spiro atoms. The Kier molecular flexibility index (Phi) is 5.33. The van der Waals surface area contributed by atoms with E-state index in [1.54, 1.807) is 4.90 Å². The van der Waals surface area contributed by atoms with Crippen molar-refractivity contribution in [2.45, 2.75) is 19.8 Å². The van der Waals surface area contributed by atoms with Crippen LogP contribution in [0.15, 0.2) is 30.4 Å². The van der Waals surface area contributed by atoms with E-state index in [1.165, 1.54) is 0 Å². The molecule has 2 rings (SSSR count). The molecule has 1 aromatic carbocycles. The summed E-state index contributed by atoms with van der Waals surface area (Å²) in [5.74, 6) is -0.114. The van der Waals surface area contributed by atoms with Gasteiger partial charge in [0.15, 0.2) is 0 Å². The van der Waals surface area contributed by atoms with E-state index in [1.807, 2.05) is 51.4 Å². The lowest BCUT2D eigenvalue weighted by molar-refractivity contribution is -0.119. The zero-order chi connectivity index (χ0) is 16.1. The van der Waals surface area contributed by atoms with Crippen molar-refractivity contribution < 1.29 is 9.59 Å². The van der Waals surface area contributed by atoms with E-state index in [9.17, 15) is 9.59 Å². The molecule has 1 aromatic rings. The van der Waals surface area contributed by atoms with Crippen LogP contribution < -0.4 is 10.6 Å². The van der Waals surface area contributed by atoms with E-state index in [2.05, 4.69) is 10.6 Å². The summed E-state index contributed by atoms with van der Waals surface area (Å²) in [4.78, 5) is 26.0. The Morgan fingerprint density at radius 1 is 1.14 bits per heavy atom. The first-order valence-electron chi connectivity index (χ1n) is 7.47. The van der Waals surface area contributed by atoms with Gasteiger partial charge in [0.1, 0.15) is 0 Å². The summed E-state index contributed by atoms with van der Waals surface area (Å²) >= 11 is 0. The number of rotatable bonds is 5. The first-order chi connectivity index (χ1) is 10.5. The second-order valence-corrected chi connectivity index (χ2v) is 5.96. The Morgan fingerprint density at radius 3 is 2.45 bits per heavy atom. The van der Waals surface area contributed by atoms with Gasteiger partial charge < -0.3 is 15.5 Å². The predicted octanol–water partition coefficient (Wildman–Crippen LogP) is 2.40. The van der Waals surface area contributed by atoms with Crippen LogP contribution in [0.3, 0.4) is 0 Å². The summed E-state index contributed by atoms with van der Waals surface area (Å²) in [6, 6.07) is 5.62. The van der Waals surface area contributed by atoms with Gasteiger partial charge in [-0.25, -0.2) is 0 Å². The van der Waals surface area contributed by atoms with E-state index >= 15 is 0 Å². The Labute approximate surface area is 131 Å². The molecule has 0 saturated carbocycles. The topological polar surface area (TPSA) is 61.4 Å². The second kappa shape index (κ2) is 7.22. The Morgan fingerprint density at radius 2 is 1.82 bits per heavy atom. The highest BCUT2D eigenvalue weighted by molar-refractivity contribution is 6.01. The van der Waals surface area contributed by atoms with Gasteiger partial charge in [-0.15, -0.1) is 0 Å². The molecule has 5 nitrogen and oxygen atoms in total. The number of carbonyl (C=O) groups is 2. The molecule has 0 atom stereocenters. The number of nitrogens with zero attached hydrogens (tertiary/aromatic N) is 1. The van der Waals surface area contributed by atoms with Crippen molar-refractivity contribution in [2.24, 2.45) is 5.92 Å². The largest absolute Gasteiger partial charge is 0.324 e. The van der Waals surface area contributed by atoms with Crippen LogP contribution in [-0.2, 0) is 9.59 Å². The number of hydrogen-bond donors (Lipinski definition) is 2. The summed E-state index contributed by atoms with van der Waals surface area (Å²) in [5.41, 5.74) is 2.33. The fourth-order valence-corrected chi connectivity index (χ4v) is 2.41. The van der Waals surface area contributed by atoms with Gasteiger partial charge in [0, 0.05) is 5.92 Å². The smallest absolute Gasteiger partial charge is 0.238 e. The van der Waals surface area contributed by atoms with E-state index in [0.29, 0.717) is 17.9 Å². The van der Waals surface area contributed by atoms with Gasteiger partial charge in [0.25, 0.3) is 0 Å². The lowest BCUT2D eigenvalue weighted by Gasteiger charge is -2.16. The molecule has 0 bridgehead atoms. The average molecular weight is 301 g/mol. The third-order valence-corrected chi connectivity index (χ3v) is 3.55. The van der Waals surface area contributed by atoms with E-state index in [-0.39, 0.29) is 17.7 Å². The normalized spacial score (nSPS) is 14.4. The molecule has 0 heterocycles. The van der Waals surface area contributed by atoms with E-state index < -0.39 is 0 Å². The molecule has 22 heavy (non-hydrogen) atoms. The van der Waals surface area contributed by atoms with Crippen LogP contribution >= 0.6 is 0 Å². The lowest BCUT2D eigenvalue weighted by Crippen LogP contribution is -2.28. The van der Waals surface area contributed by atoms with Gasteiger partial charge in [0.05, 0.1) is 17.9 Å². The molecule has 118 valence electrons. The van der Waals surface area contributed by atoms with Crippen molar-refractivity contribution >= 4 is 23.2 Å². The van der Waals surface area contributed by atoms with Gasteiger partial charge >= 0.3 is 0 Å². The summed E-state index contributed by atoms with van der Waals surface area (Å²) in [6.45, 7) is 2.26. The average Bonchev–Trinajstić information content (AvgIpc) is 2.95. The zero-order valence-electron chi connectivity index (χ0n) is 13.3. The number of hydrogen-bond acceptors (Lipinski definition) is 3. The summed E-state index contributed by atoms with van der Waals surface area (Å²) in [7, 11) is 3.68. The van der Waals surface area contributed by atoms with Crippen LogP contribution in [0.5, 0.6) is 0 Å². The molecular formula is C17H23N3O2. The number of anilines is 2. The number of amides is 2. The third-order valence-electron chi connectivity index (χ3n) is 3.55. The number of benzene rings is 1. The molecule has 0 aromatic heterocycles. The maximum Gasteiger partial charge on any atom is 0.238 e. The lowest BCUT2D eigenvalue weighted by atomic mass is 10.1. The fourth-order valence-electron chi connectivity index (χ4n) is 2.41. The van der Waals surface area contributed by atoms with Crippen LogP contribution in [0.25, 0.3) is 0 Å². The van der Waals surface area contributed by atoms with Crippen molar-refractivity contribution in [2.75, 3.05) is 31.3 Å². The number of allylic oxidation sites excluding steroid dienone is 2. The highest BCUT2D eigenvalue weighted by atomic mass is 16.2. The number of likely N-dealkylation sites (N-methyl/N-ethyl adjacent to an activating group) is 1. The maximum absolute atomic E-state index is 12.3. The minimum Gasteiger partial charge on any atom is -0.324 e. The molecule has 0 aliphatic heterocycles. The molecule has 1 aliphatic carbocycles. The van der Waals surface area contributed by atoms with Crippen LogP contribution in [0.2, 0.25) is 0 Å². The predicted molar refractivity (Wildman–Crippen MR) is 88.9 cm³/mol. The summed E-state index contributed by atoms with van der Waals surface area (Å²) in [6.07, 6.45) is 5.61. The SMILES string of the molecule is Cc1ccc(NC(=O)CN(C)C)c(NC(=O)C2CC=CC2)c1. The highest BCUT2D eigenvalue weighted by Gasteiger charge is 2.20. The van der Waals surface area contributed by atoms with Crippen molar-refractivity contribution in [3.8, 4) is 0 Å². The van der Waals surface area contributed by atoms with Gasteiger partial charge in [0.2, 0.25) is 11.8 Å². The van der Waals surface area contributed by atoms with Gasteiger partial charge in [-0.3, -0.25) is 9.59 Å². The molecule has 5 heteroatoms. The summed E-state index contributed by atoms with van der Waals surface area (Å²) in [5, 5.41) is 5.80. The first kappa shape index (κ1) is 16.2. The number of aryl methyl sites for hydroxylation is 1. The van der Waals surface area contributed by atoms with Crippen LogP contribution in [0.4, 0.5) is 11.4 Å². The monoisotopic (exact) mass is 301 g/mol. The summed E-state index contributed by atoms with van der Waals surface area (Å²) < 4.78 is 0. The van der Waals surface area contributed by atoms with Gasteiger partial charge in [-0.1, -0.05) is 18.2 Å². The van der Waals surface area contributed by atoms with Gasteiger partial charge in [-0.05, 0) is 51.6 Å². The Balaban J connectivity index is 2.10. The van der Waals surface area contributed by atoms with Crippen molar-refractivity contribution in [3.63, 3.8) is 0 Å². The third kappa shape index (κ3) is 4.43. The molecule has 1 aliphatic rings. The van der Waals surface area contributed by atoms with Crippen LogP contribution in [0.1, 0.15) is 18.4 Å². The molecule has 0 saturated heterocycles. The quantitative estimate of drug-likeness (QED) is 0.821. The second-order valence-electron chi connectivity index (χ2n) is 5.96. The van der Waals surface area contributed by atoms with Crippen LogP contribution in [-0.4, -0.2) is 37.4 Å². The maximum atomic E-state index is 12.3. The molecule has 0 unspecified atom stereocenters. The van der Waals surface area contributed by atoms with Crippen molar-refractivity contribution in [1.29, 1.82) is 0 Å². The highest BCUT2D eigenvalue weighted by Crippen LogP contribution is 2.26. The first-order valence-corrected chi connectivity index (χ1v) is 7.47. The molecule has 0 radical (unpaired) electrons. The zero-order valence-corrected chi connectivity index (χ0v) is 13.3. The van der Waals surface area contributed by atoms with Gasteiger partial charge in [-0.2, -0.15) is 0 Å². The molecule has 0 fully saturated rings. The van der Waals surface area contributed by atoms with Crippen molar-refractivity contribution in [1.82, 2.24) is 4.90 Å². The standard InChI is InChI=1S/C17H23N3O2/c1-12-8-9-14(18-16(21)11-20(2)3)15(10-12)19-17(22)13-6-4-5-7-13/h4-5,8-10,13H,6-7,11H2,1-3H3,(H,18,21)(H,19,22). The Bertz CT molecular complexity index is 586.